The maximum absolute atomic E-state index is 11.1. The number of carboxylic acid groups (broad SMARTS) is 1. The van der Waals surface area contributed by atoms with Crippen molar-refractivity contribution in [3.05, 3.63) is 35.5 Å². The molecule has 0 radical (unpaired) electrons. The first-order valence-corrected chi connectivity index (χ1v) is 6.92. The summed E-state index contributed by atoms with van der Waals surface area (Å²) in [5, 5.41) is 16.9. The van der Waals surface area contributed by atoms with Crippen LogP contribution in [0.3, 0.4) is 0 Å². The van der Waals surface area contributed by atoms with E-state index in [-0.39, 0.29) is 0 Å². The van der Waals surface area contributed by atoms with Gasteiger partial charge in [-0.1, -0.05) is 17.3 Å². The lowest BCUT2D eigenvalue weighted by Gasteiger charge is -2.17. The van der Waals surface area contributed by atoms with E-state index in [1.807, 2.05) is 6.07 Å². The molecule has 0 saturated heterocycles. The fraction of sp³-hybridized carbons (Fsp3) is 0.400. The Morgan fingerprint density at radius 2 is 2.05 bits per heavy atom. The van der Waals surface area contributed by atoms with Crippen molar-refractivity contribution < 1.29 is 9.90 Å². The Kier molecular flexibility index (Phi) is 3.26. The van der Waals surface area contributed by atoms with Crippen LogP contribution in [0.15, 0.2) is 24.4 Å². The standard InChI is InChI=1S/C15H17N3O2/c1-10(15(19)20)18-14(9-16-17-18)13-7-6-11-4-2-3-5-12(11)8-13/h6-10H,2-5H2,1H3,(H,19,20). The van der Waals surface area contributed by atoms with Crippen molar-refractivity contribution in [3.8, 4) is 11.3 Å². The number of benzene rings is 1. The third kappa shape index (κ3) is 2.19. The summed E-state index contributed by atoms with van der Waals surface area (Å²) in [6, 6.07) is 5.61. The molecule has 104 valence electrons. The molecule has 20 heavy (non-hydrogen) atoms. The molecule has 1 heterocycles. The van der Waals surface area contributed by atoms with E-state index in [9.17, 15) is 4.79 Å². The molecule has 2 aromatic rings. The summed E-state index contributed by atoms with van der Waals surface area (Å²) in [5.41, 5.74) is 4.52. The van der Waals surface area contributed by atoms with Crippen LogP contribution in [0.25, 0.3) is 11.3 Å². The maximum Gasteiger partial charge on any atom is 0.328 e. The summed E-state index contributed by atoms with van der Waals surface area (Å²) >= 11 is 0. The number of carbonyl (C=O) groups is 1. The van der Waals surface area contributed by atoms with Crippen LogP contribution < -0.4 is 0 Å². The van der Waals surface area contributed by atoms with E-state index in [1.54, 1.807) is 13.1 Å². The molecule has 0 spiro atoms. The zero-order valence-electron chi connectivity index (χ0n) is 11.4. The molecule has 1 aromatic carbocycles. The van der Waals surface area contributed by atoms with Gasteiger partial charge in [0.1, 0.15) is 6.04 Å². The van der Waals surface area contributed by atoms with E-state index in [0.29, 0.717) is 0 Å². The second-order valence-corrected chi connectivity index (χ2v) is 5.27. The number of hydrogen-bond donors (Lipinski definition) is 1. The highest BCUT2D eigenvalue weighted by Crippen LogP contribution is 2.28. The molecule has 5 heteroatoms. The van der Waals surface area contributed by atoms with Crippen LogP contribution in [0.4, 0.5) is 0 Å². The van der Waals surface area contributed by atoms with Gasteiger partial charge in [-0.3, -0.25) is 0 Å². The van der Waals surface area contributed by atoms with Gasteiger partial charge in [0.2, 0.25) is 0 Å². The van der Waals surface area contributed by atoms with E-state index < -0.39 is 12.0 Å². The average molecular weight is 271 g/mol. The topological polar surface area (TPSA) is 68.0 Å². The first-order valence-electron chi connectivity index (χ1n) is 6.92. The van der Waals surface area contributed by atoms with Gasteiger partial charge >= 0.3 is 5.97 Å². The third-order valence-corrected chi connectivity index (χ3v) is 3.94. The highest BCUT2D eigenvalue weighted by atomic mass is 16.4. The molecule has 1 aliphatic carbocycles. The number of aryl methyl sites for hydroxylation is 2. The highest BCUT2D eigenvalue weighted by Gasteiger charge is 2.19. The number of hydrogen-bond acceptors (Lipinski definition) is 3. The number of aliphatic carboxylic acids is 1. The average Bonchev–Trinajstić information content (AvgIpc) is 2.95. The lowest BCUT2D eigenvalue weighted by Crippen LogP contribution is -2.18. The summed E-state index contributed by atoms with van der Waals surface area (Å²) < 4.78 is 1.47. The number of carboxylic acids is 1. The summed E-state index contributed by atoms with van der Waals surface area (Å²) in [6.07, 6.45) is 6.34. The number of nitrogens with zero attached hydrogens (tertiary/aromatic N) is 3. The van der Waals surface area contributed by atoms with Crippen LogP contribution in [0.5, 0.6) is 0 Å². The molecule has 0 aliphatic heterocycles. The normalized spacial score (nSPS) is 15.7. The van der Waals surface area contributed by atoms with Crippen molar-refractivity contribution in [2.24, 2.45) is 0 Å². The highest BCUT2D eigenvalue weighted by molar-refractivity contribution is 5.73. The van der Waals surface area contributed by atoms with Crippen LogP contribution in [0.2, 0.25) is 0 Å². The summed E-state index contributed by atoms with van der Waals surface area (Å²) in [7, 11) is 0. The van der Waals surface area contributed by atoms with Gasteiger partial charge in [-0.25, -0.2) is 9.48 Å². The number of fused-ring (bicyclic) bond motifs is 1. The fourth-order valence-corrected chi connectivity index (χ4v) is 2.73. The molecule has 5 nitrogen and oxygen atoms in total. The van der Waals surface area contributed by atoms with E-state index in [4.69, 9.17) is 5.11 Å². The Morgan fingerprint density at radius 3 is 2.80 bits per heavy atom. The summed E-state index contributed by atoms with van der Waals surface area (Å²) in [5.74, 6) is -0.908. The lowest BCUT2D eigenvalue weighted by atomic mass is 9.90. The van der Waals surface area contributed by atoms with Crippen LogP contribution in [-0.2, 0) is 17.6 Å². The van der Waals surface area contributed by atoms with Crippen molar-refractivity contribution in [1.82, 2.24) is 15.0 Å². The Balaban J connectivity index is 2.01. The third-order valence-electron chi connectivity index (χ3n) is 3.94. The van der Waals surface area contributed by atoms with E-state index >= 15 is 0 Å². The smallest absolute Gasteiger partial charge is 0.328 e. The monoisotopic (exact) mass is 271 g/mol. The molecular weight excluding hydrogens is 254 g/mol. The lowest BCUT2D eigenvalue weighted by molar-refractivity contribution is -0.140. The Hall–Kier alpha value is -2.17. The summed E-state index contributed by atoms with van der Waals surface area (Å²) in [4.78, 5) is 11.1. The van der Waals surface area contributed by atoms with Gasteiger partial charge in [-0.05, 0) is 49.8 Å². The predicted molar refractivity (Wildman–Crippen MR) is 74.4 cm³/mol. The van der Waals surface area contributed by atoms with Gasteiger partial charge < -0.3 is 5.11 Å². The molecule has 0 bridgehead atoms. The van der Waals surface area contributed by atoms with Gasteiger partial charge in [0.25, 0.3) is 0 Å². The predicted octanol–water partition coefficient (Wildman–Crippen LogP) is 2.47. The van der Waals surface area contributed by atoms with Crippen molar-refractivity contribution in [2.75, 3.05) is 0 Å². The van der Waals surface area contributed by atoms with Crippen LogP contribution in [0, 0.1) is 0 Å². The van der Waals surface area contributed by atoms with Crippen molar-refractivity contribution in [2.45, 2.75) is 38.6 Å². The minimum absolute atomic E-state index is 0.719. The van der Waals surface area contributed by atoms with Gasteiger partial charge in [-0.2, -0.15) is 0 Å². The molecule has 0 amide bonds. The zero-order valence-corrected chi connectivity index (χ0v) is 11.4. The minimum Gasteiger partial charge on any atom is -0.480 e. The van der Waals surface area contributed by atoms with Crippen LogP contribution in [-0.4, -0.2) is 26.1 Å². The molecule has 1 N–H and O–H groups in total. The molecule has 1 atom stereocenters. The molecule has 1 aliphatic rings. The molecule has 0 saturated carbocycles. The second-order valence-electron chi connectivity index (χ2n) is 5.27. The molecule has 1 aromatic heterocycles. The molecule has 0 fully saturated rings. The van der Waals surface area contributed by atoms with E-state index in [1.165, 1.54) is 28.7 Å². The second kappa shape index (κ2) is 5.07. The van der Waals surface area contributed by atoms with Gasteiger partial charge in [-0.15, -0.1) is 5.10 Å². The van der Waals surface area contributed by atoms with E-state index in [2.05, 4.69) is 22.4 Å². The molecule has 3 rings (SSSR count). The summed E-state index contributed by atoms with van der Waals surface area (Å²) in [6.45, 7) is 1.61. The fourth-order valence-electron chi connectivity index (χ4n) is 2.73. The maximum atomic E-state index is 11.1. The van der Waals surface area contributed by atoms with Crippen molar-refractivity contribution in [3.63, 3.8) is 0 Å². The molecule has 1 unspecified atom stereocenters. The first-order chi connectivity index (χ1) is 9.66. The van der Waals surface area contributed by atoms with Gasteiger partial charge in [0.15, 0.2) is 0 Å². The number of aromatic nitrogens is 3. The van der Waals surface area contributed by atoms with E-state index in [0.717, 1.165) is 24.1 Å². The largest absolute Gasteiger partial charge is 0.480 e. The Labute approximate surface area is 117 Å². The van der Waals surface area contributed by atoms with Crippen LogP contribution in [0.1, 0.15) is 36.9 Å². The van der Waals surface area contributed by atoms with Crippen molar-refractivity contribution >= 4 is 5.97 Å². The van der Waals surface area contributed by atoms with Crippen LogP contribution >= 0.6 is 0 Å². The molecular formula is C15H17N3O2. The zero-order chi connectivity index (χ0) is 14.1. The Bertz CT molecular complexity index is 648. The number of rotatable bonds is 3. The quantitative estimate of drug-likeness (QED) is 0.931. The van der Waals surface area contributed by atoms with Gasteiger partial charge in [0, 0.05) is 5.56 Å². The minimum atomic E-state index is -0.908. The van der Waals surface area contributed by atoms with Gasteiger partial charge in [0.05, 0.1) is 11.9 Å². The first kappa shape index (κ1) is 12.8. The van der Waals surface area contributed by atoms with Crippen molar-refractivity contribution in [1.29, 1.82) is 0 Å². The SMILES string of the molecule is CC(C(=O)O)n1nncc1-c1ccc2c(c1)CCCC2. The Morgan fingerprint density at radius 1 is 1.30 bits per heavy atom.